The van der Waals surface area contributed by atoms with Crippen molar-refractivity contribution in [1.29, 1.82) is 0 Å². The first-order chi connectivity index (χ1) is 7.75. The van der Waals surface area contributed by atoms with Crippen LogP contribution in [0.5, 0.6) is 0 Å². The van der Waals surface area contributed by atoms with Gasteiger partial charge in [0, 0.05) is 11.8 Å². The predicted octanol–water partition coefficient (Wildman–Crippen LogP) is 2.38. The van der Waals surface area contributed by atoms with Crippen LogP contribution in [0.4, 0.5) is 0 Å². The van der Waals surface area contributed by atoms with E-state index in [9.17, 15) is 0 Å². The number of thiophene rings is 1. The average Bonchev–Trinajstić information content (AvgIpc) is 2.85. The molecule has 0 saturated carbocycles. The molecule has 2 rings (SSSR count). The fraction of sp³-hybridized carbons (Fsp3) is 0.400. The Hall–Kier alpha value is -0.850. The Bertz CT molecular complexity index is 425. The Morgan fingerprint density at radius 1 is 1.62 bits per heavy atom. The fourth-order valence-electron chi connectivity index (χ4n) is 1.15. The van der Waals surface area contributed by atoms with Crippen molar-refractivity contribution in [1.82, 2.24) is 10.1 Å². The quantitative estimate of drug-likeness (QED) is 0.888. The molecule has 0 aliphatic carbocycles. The largest absolute Gasteiger partial charge is 0.338 e. The lowest BCUT2D eigenvalue weighted by Gasteiger charge is -2.00. The molecule has 1 atom stereocenters. The topological polar surface area (TPSA) is 64.9 Å². The van der Waals surface area contributed by atoms with Gasteiger partial charge < -0.3 is 10.3 Å². The zero-order valence-corrected chi connectivity index (χ0v) is 10.6. The van der Waals surface area contributed by atoms with Crippen molar-refractivity contribution in [2.75, 3.05) is 5.75 Å². The Morgan fingerprint density at radius 3 is 3.19 bits per heavy atom. The molecule has 86 valence electrons. The van der Waals surface area contributed by atoms with E-state index in [1.807, 2.05) is 24.4 Å². The van der Waals surface area contributed by atoms with Gasteiger partial charge in [-0.05, 0) is 18.4 Å². The van der Waals surface area contributed by atoms with Gasteiger partial charge in [-0.2, -0.15) is 16.7 Å². The van der Waals surface area contributed by atoms with Gasteiger partial charge in [-0.25, -0.2) is 0 Å². The highest BCUT2D eigenvalue weighted by Gasteiger charge is 2.09. The van der Waals surface area contributed by atoms with Crippen molar-refractivity contribution in [2.45, 2.75) is 18.7 Å². The summed E-state index contributed by atoms with van der Waals surface area (Å²) in [6.07, 6.45) is 0. The van der Waals surface area contributed by atoms with E-state index in [-0.39, 0.29) is 6.04 Å². The maximum Gasteiger partial charge on any atom is 0.236 e. The SMILES string of the molecule is CC(N)CSCc1nc(-c2cccs2)no1. The Morgan fingerprint density at radius 2 is 2.50 bits per heavy atom. The molecule has 16 heavy (non-hydrogen) atoms. The van der Waals surface area contributed by atoms with Crippen LogP contribution in [-0.4, -0.2) is 21.9 Å². The number of hydrogen-bond donors (Lipinski definition) is 1. The Balaban J connectivity index is 1.93. The van der Waals surface area contributed by atoms with E-state index in [0.29, 0.717) is 11.7 Å². The molecule has 2 aromatic heterocycles. The van der Waals surface area contributed by atoms with Gasteiger partial charge in [0.1, 0.15) is 0 Å². The van der Waals surface area contributed by atoms with Gasteiger partial charge in [0.25, 0.3) is 0 Å². The van der Waals surface area contributed by atoms with Crippen LogP contribution in [0.2, 0.25) is 0 Å². The molecule has 2 aromatic rings. The van der Waals surface area contributed by atoms with E-state index in [2.05, 4.69) is 10.1 Å². The van der Waals surface area contributed by atoms with Gasteiger partial charge in [-0.15, -0.1) is 11.3 Å². The van der Waals surface area contributed by atoms with E-state index in [1.165, 1.54) is 0 Å². The van der Waals surface area contributed by atoms with E-state index >= 15 is 0 Å². The Kier molecular flexibility index (Phi) is 3.98. The molecule has 0 radical (unpaired) electrons. The molecule has 0 fully saturated rings. The normalized spacial score (nSPS) is 12.9. The molecule has 2 N–H and O–H groups in total. The molecule has 0 saturated heterocycles. The number of aromatic nitrogens is 2. The van der Waals surface area contributed by atoms with Gasteiger partial charge in [0.15, 0.2) is 0 Å². The summed E-state index contributed by atoms with van der Waals surface area (Å²) in [6.45, 7) is 1.98. The molecule has 0 aliphatic heterocycles. The first-order valence-corrected chi connectivity index (χ1v) is 6.99. The van der Waals surface area contributed by atoms with E-state index in [1.54, 1.807) is 23.1 Å². The minimum absolute atomic E-state index is 0.199. The van der Waals surface area contributed by atoms with Gasteiger partial charge >= 0.3 is 0 Å². The number of thioether (sulfide) groups is 1. The van der Waals surface area contributed by atoms with E-state index < -0.39 is 0 Å². The summed E-state index contributed by atoms with van der Waals surface area (Å²) in [5.74, 6) is 2.96. The van der Waals surface area contributed by atoms with Crippen molar-refractivity contribution < 1.29 is 4.52 Å². The molecule has 6 heteroatoms. The van der Waals surface area contributed by atoms with Crippen LogP contribution in [-0.2, 0) is 5.75 Å². The van der Waals surface area contributed by atoms with Crippen LogP contribution >= 0.6 is 23.1 Å². The van der Waals surface area contributed by atoms with Crippen LogP contribution in [0, 0.1) is 0 Å². The summed E-state index contributed by atoms with van der Waals surface area (Å²) >= 11 is 3.31. The first kappa shape index (κ1) is 11.6. The zero-order chi connectivity index (χ0) is 11.4. The maximum atomic E-state index is 5.65. The number of nitrogens with two attached hydrogens (primary N) is 1. The highest BCUT2D eigenvalue weighted by Crippen LogP contribution is 2.22. The van der Waals surface area contributed by atoms with Gasteiger partial charge in [0.05, 0.1) is 10.6 Å². The number of hydrogen-bond acceptors (Lipinski definition) is 6. The number of nitrogens with zero attached hydrogens (tertiary/aromatic N) is 2. The lowest BCUT2D eigenvalue weighted by atomic mass is 10.4. The summed E-state index contributed by atoms with van der Waals surface area (Å²) in [7, 11) is 0. The standard InChI is InChI=1S/C10H13N3OS2/c1-7(11)5-15-6-9-12-10(13-14-9)8-3-2-4-16-8/h2-4,7H,5-6,11H2,1H3. The molecule has 0 spiro atoms. The number of rotatable bonds is 5. The van der Waals surface area contributed by atoms with Crippen LogP contribution in [0.1, 0.15) is 12.8 Å². The molecule has 4 nitrogen and oxygen atoms in total. The summed E-state index contributed by atoms with van der Waals surface area (Å²) in [5.41, 5.74) is 5.65. The molecule has 0 aliphatic rings. The lowest BCUT2D eigenvalue weighted by molar-refractivity contribution is 0.392. The first-order valence-electron chi connectivity index (χ1n) is 4.95. The van der Waals surface area contributed by atoms with E-state index in [0.717, 1.165) is 16.4 Å². The minimum atomic E-state index is 0.199. The summed E-state index contributed by atoms with van der Waals surface area (Å²) in [5, 5.41) is 5.93. The molecule has 0 bridgehead atoms. The summed E-state index contributed by atoms with van der Waals surface area (Å²) in [4.78, 5) is 5.35. The van der Waals surface area contributed by atoms with Crippen LogP contribution in [0.15, 0.2) is 22.0 Å². The smallest absolute Gasteiger partial charge is 0.236 e. The van der Waals surface area contributed by atoms with Crippen molar-refractivity contribution in [2.24, 2.45) is 5.73 Å². The van der Waals surface area contributed by atoms with Gasteiger partial charge in [-0.1, -0.05) is 11.2 Å². The molecule has 2 heterocycles. The predicted molar refractivity (Wildman–Crippen MR) is 67.4 cm³/mol. The second-order valence-corrected chi connectivity index (χ2v) is 5.46. The molecule has 0 aromatic carbocycles. The van der Waals surface area contributed by atoms with Crippen molar-refractivity contribution in [3.8, 4) is 10.7 Å². The Labute approximate surface area is 102 Å². The second-order valence-electron chi connectivity index (χ2n) is 3.48. The van der Waals surface area contributed by atoms with E-state index in [4.69, 9.17) is 10.3 Å². The third-order valence-corrected chi connectivity index (χ3v) is 3.89. The third-order valence-electron chi connectivity index (χ3n) is 1.82. The van der Waals surface area contributed by atoms with Crippen molar-refractivity contribution >= 4 is 23.1 Å². The average molecular weight is 255 g/mol. The highest BCUT2D eigenvalue weighted by atomic mass is 32.2. The zero-order valence-electron chi connectivity index (χ0n) is 8.92. The van der Waals surface area contributed by atoms with Crippen molar-refractivity contribution in [3.63, 3.8) is 0 Å². The minimum Gasteiger partial charge on any atom is -0.338 e. The van der Waals surface area contributed by atoms with Crippen LogP contribution < -0.4 is 5.73 Å². The molecular weight excluding hydrogens is 242 g/mol. The van der Waals surface area contributed by atoms with Crippen LogP contribution in [0.3, 0.4) is 0 Å². The monoisotopic (exact) mass is 255 g/mol. The summed E-state index contributed by atoms with van der Waals surface area (Å²) < 4.78 is 5.15. The lowest BCUT2D eigenvalue weighted by Crippen LogP contribution is -2.17. The maximum absolute atomic E-state index is 5.65. The molecular formula is C10H13N3OS2. The van der Waals surface area contributed by atoms with Gasteiger partial charge in [-0.3, -0.25) is 0 Å². The fourth-order valence-corrected chi connectivity index (χ4v) is 2.58. The molecule has 0 amide bonds. The third kappa shape index (κ3) is 3.07. The summed E-state index contributed by atoms with van der Waals surface area (Å²) in [6, 6.07) is 4.15. The highest BCUT2D eigenvalue weighted by molar-refractivity contribution is 7.98. The second kappa shape index (κ2) is 5.47. The van der Waals surface area contributed by atoms with Crippen LogP contribution in [0.25, 0.3) is 10.7 Å². The van der Waals surface area contributed by atoms with Crippen molar-refractivity contribution in [3.05, 3.63) is 23.4 Å². The van der Waals surface area contributed by atoms with Gasteiger partial charge in [0.2, 0.25) is 11.7 Å². The molecule has 1 unspecified atom stereocenters.